The van der Waals surface area contributed by atoms with Gasteiger partial charge in [-0.15, -0.1) is 0 Å². The van der Waals surface area contributed by atoms with Gasteiger partial charge in [0.15, 0.2) is 6.10 Å². The molecule has 5 nitrogen and oxygen atoms in total. The summed E-state index contributed by atoms with van der Waals surface area (Å²) in [5, 5.41) is 2.76. The fraction of sp³-hybridized carbons (Fsp3) is 0.158. The molecule has 1 atom stereocenters. The summed E-state index contributed by atoms with van der Waals surface area (Å²) < 4.78 is 4.95. The van der Waals surface area contributed by atoms with Crippen molar-refractivity contribution in [2.24, 2.45) is 5.73 Å². The molecule has 0 radical (unpaired) electrons. The van der Waals surface area contributed by atoms with Crippen LogP contribution in [-0.2, 0) is 22.5 Å². The molecule has 0 aromatic heterocycles. The van der Waals surface area contributed by atoms with E-state index in [0.29, 0.717) is 6.54 Å². The molecule has 0 aliphatic carbocycles. The van der Waals surface area contributed by atoms with Crippen molar-refractivity contribution in [1.29, 1.82) is 0 Å². The number of hydrogen-bond donors (Lipinski definition) is 2. The van der Waals surface area contributed by atoms with Crippen LogP contribution < -0.4 is 11.1 Å². The van der Waals surface area contributed by atoms with E-state index < -0.39 is 12.2 Å². The summed E-state index contributed by atoms with van der Waals surface area (Å²) in [6, 6.07) is 16.9. The monoisotopic (exact) mass is 324 g/mol. The Bertz CT molecular complexity index is 696. The molecule has 0 heterocycles. The van der Waals surface area contributed by atoms with Gasteiger partial charge < -0.3 is 15.8 Å². The number of nitrogens with two attached hydrogens (primary N) is 1. The SMILES string of the molecule is C=Cc1ccc(CNC(=O)C(Cc2ccccc2)OC(N)=O)cc1. The Labute approximate surface area is 141 Å². The summed E-state index contributed by atoms with van der Waals surface area (Å²) >= 11 is 0. The molecule has 1 unspecified atom stereocenters. The van der Waals surface area contributed by atoms with Gasteiger partial charge in [-0.25, -0.2) is 4.79 Å². The van der Waals surface area contributed by atoms with Gasteiger partial charge in [-0.3, -0.25) is 4.79 Å². The highest BCUT2D eigenvalue weighted by Gasteiger charge is 2.22. The van der Waals surface area contributed by atoms with Gasteiger partial charge in [0.25, 0.3) is 5.91 Å². The number of ether oxygens (including phenoxy) is 1. The molecule has 0 aliphatic rings. The maximum absolute atomic E-state index is 12.3. The molecule has 3 N–H and O–H groups in total. The first-order valence-corrected chi connectivity index (χ1v) is 7.57. The highest BCUT2D eigenvalue weighted by Crippen LogP contribution is 2.08. The molecule has 0 saturated heterocycles. The van der Waals surface area contributed by atoms with Crippen LogP contribution in [0.15, 0.2) is 61.2 Å². The minimum absolute atomic E-state index is 0.269. The Balaban J connectivity index is 1.98. The van der Waals surface area contributed by atoms with Crippen LogP contribution in [0.25, 0.3) is 6.08 Å². The van der Waals surface area contributed by atoms with E-state index >= 15 is 0 Å². The predicted octanol–water partition coefficient (Wildman–Crippen LogP) is 2.65. The van der Waals surface area contributed by atoms with Gasteiger partial charge in [0, 0.05) is 13.0 Å². The lowest BCUT2D eigenvalue weighted by Crippen LogP contribution is -2.40. The maximum atomic E-state index is 12.3. The van der Waals surface area contributed by atoms with Crippen LogP contribution in [0.2, 0.25) is 0 Å². The number of nitrogens with one attached hydrogen (secondary N) is 1. The van der Waals surface area contributed by atoms with Gasteiger partial charge in [-0.05, 0) is 16.7 Å². The van der Waals surface area contributed by atoms with Crippen LogP contribution in [0.1, 0.15) is 16.7 Å². The lowest BCUT2D eigenvalue weighted by molar-refractivity contribution is -0.129. The van der Waals surface area contributed by atoms with Crippen LogP contribution in [0.5, 0.6) is 0 Å². The van der Waals surface area contributed by atoms with Gasteiger partial charge in [-0.2, -0.15) is 0 Å². The summed E-state index contributed by atoms with van der Waals surface area (Å²) in [6.45, 7) is 4.03. The van der Waals surface area contributed by atoms with E-state index in [2.05, 4.69) is 11.9 Å². The van der Waals surface area contributed by atoms with E-state index in [1.54, 1.807) is 6.08 Å². The summed E-state index contributed by atoms with van der Waals surface area (Å²) in [6.07, 6.45) is 0.0861. The molecule has 2 aromatic carbocycles. The molecule has 2 amide bonds. The maximum Gasteiger partial charge on any atom is 0.405 e. The summed E-state index contributed by atoms with van der Waals surface area (Å²) in [4.78, 5) is 23.4. The zero-order chi connectivity index (χ0) is 17.4. The number of carbonyl (C=O) groups is 2. The zero-order valence-electron chi connectivity index (χ0n) is 13.3. The molecular formula is C19H20N2O3. The Morgan fingerprint density at radius 1 is 1.08 bits per heavy atom. The number of benzene rings is 2. The third-order valence-electron chi connectivity index (χ3n) is 3.50. The summed E-state index contributed by atoms with van der Waals surface area (Å²) in [5.74, 6) is -0.384. The second-order valence-electron chi connectivity index (χ2n) is 5.28. The van der Waals surface area contributed by atoms with E-state index in [1.807, 2.05) is 54.6 Å². The van der Waals surface area contributed by atoms with Crippen molar-refractivity contribution < 1.29 is 14.3 Å². The Morgan fingerprint density at radius 3 is 2.33 bits per heavy atom. The van der Waals surface area contributed by atoms with E-state index in [1.165, 1.54) is 0 Å². The minimum atomic E-state index is -0.971. The van der Waals surface area contributed by atoms with Gasteiger partial charge in [0.05, 0.1) is 0 Å². The molecule has 2 rings (SSSR count). The zero-order valence-corrected chi connectivity index (χ0v) is 13.3. The highest BCUT2D eigenvalue weighted by atomic mass is 16.6. The van der Waals surface area contributed by atoms with Crippen molar-refractivity contribution in [3.8, 4) is 0 Å². The van der Waals surface area contributed by atoms with Gasteiger partial charge in [0.1, 0.15) is 0 Å². The first-order chi connectivity index (χ1) is 11.6. The number of rotatable bonds is 7. The second kappa shape index (κ2) is 8.53. The molecule has 0 bridgehead atoms. The van der Waals surface area contributed by atoms with Crippen LogP contribution in [0.3, 0.4) is 0 Å². The van der Waals surface area contributed by atoms with E-state index in [9.17, 15) is 9.59 Å². The topological polar surface area (TPSA) is 81.4 Å². The number of amides is 2. The van der Waals surface area contributed by atoms with Crippen molar-refractivity contribution in [2.75, 3.05) is 0 Å². The first-order valence-electron chi connectivity index (χ1n) is 7.57. The van der Waals surface area contributed by atoms with Crippen LogP contribution in [-0.4, -0.2) is 18.1 Å². The van der Waals surface area contributed by atoms with E-state index in [0.717, 1.165) is 16.7 Å². The molecule has 2 aromatic rings. The molecule has 124 valence electrons. The number of carbonyl (C=O) groups excluding carboxylic acids is 2. The lowest BCUT2D eigenvalue weighted by Gasteiger charge is -2.16. The fourth-order valence-electron chi connectivity index (χ4n) is 2.23. The average molecular weight is 324 g/mol. The van der Waals surface area contributed by atoms with Crippen molar-refractivity contribution in [1.82, 2.24) is 5.32 Å². The molecule has 0 fully saturated rings. The first kappa shape index (κ1) is 17.3. The van der Waals surface area contributed by atoms with E-state index in [-0.39, 0.29) is 12.3 Å². The molecule has 0 spiro atoms. The molecule has 0 aliphatic heterocycles. The van der Waals surface area contributed by atoms with Crippen molar-refractivity contribution in [2.45, 2.75) is 19.1 Å². The fourth-order valence-corrected chi connectivity index (χ4v) is 2.23. The van der Waals surface area contributed by atoms with Gasteiger partial charge >= 0.3 is 6.09 Å². The standard InChI is InChI=1S/C19H20N2O3/c1-2-14-8-10-16(11-9-14)13-21-18(22)17(24-19(20)23)12-15-6-4-3-5-7-15/h2-11,17H,1,12-13H2,(H2,20,23)(H,21,22). The smallest absolute Gasteiger partial charge is 0.405 e. The highest BCUT2D eigenvalue weighted by molar-refractivity contribution is 5.83. The van der Waals surface area contributed by atoms with Crippen molar-refractivity contribution in [3.05, 3.63) is 77.9 Å². The average Bonchev–Trinajstić information content (AvgIpc) is 2.60. The Kier molecular flexibility index (Phi) is 6.14. The van der Waals surface area contributed by atoms with Crippen molar-refractivity contribution in [3.63, 3.8) is 0 Å². The summed E-state index contributed by atoms with van der Waals surface area (Å²) in [7, 11) is 0. The molecule has 0 saturated carbocycles. The lowest BCUT2D eigenvalue weighted by atomic mass is 10.1. The minimum Gasteiger partial charge on any atom is -0.436 e. The van der Waals surface area contributed by atoms with Gasteiger partial charge in [-0.1, -0.05) is 67.3 Å². The molecular weight excluding hydrogens is 304 g/mol. The van der Waals surface area contributed by atoms with Crippen LogP contribution in [0.4, 0.5) is 4.79 Å². The largest absolute Gasteiger partial charge is 0.436 e. The number of hydrogen-bond acceptors (Lipinski definition) is 3. The van der Waals surface area contributed by atoms with Crippen LogP contribution >= 0.6 is 0 Å². The Morgan fingerprint density at radius 2 is 1.75 bits per heavy atom. The Hall–Kier alpha value is -3.08. The normalized spacial score (nSPS) is 11.3. The quantitative estimate of drug-likeness (QED) is 0.821. The van der Waals surface area contributed by atoms with E-state index in [4.69, 9.17) is 10.5 Å². The second-order valence-corrected chi connectivity index (χ2v) is 5.28. The third-order valence-corrected chi connectivity index (χ3v) is 3.50. The number of primary amides is 1. The molecule has 24 heavy (non-hydrogen) atoms. The predicted molar refractivity (Wildman–Crippen MR) is 93.0 cm³/mol. The van der Waals surface area contributed by atoms with Crippen molar-refractivity contribution >= 4 is 18.1 Å². The van der Waals surface area contributed by atoms with Gasteiger partial charge in [0.2, 0.25) is 0 Å². The third kappa shape index (κ3) is 5.28. The van der Waals surface area contributed by atoms with Crippen LogP contribution in [0, 0.1) is 0 Å². The summed E-state index contributed by atoms with van der Waals surface area (Å²) in [5.41, 5.74) is 7.90. The molecule has 5 heteroatoms.